The third kappa shape index (κ3) is 2.81. The van der Waals surface area contributed by atoms with Crippen molar-refractivity contribution in [1.82, 2.24) is 0 Å². The first kappa shape index (κ1) is 13.7. The highest BCUT2D eigenvalue weighted by atomic mass is 16.5. The first-order chi connectivity index (χ1) is 9.17. The molecule has 0 amide bonds. The zero-order valence-corrected chi connectivity index (χ0v) is 12.3. The Kier molecular flexibility index (Phi) is 4.26. The predicted molar refractivity (Wildman–Crippen MR) is 81.2 cm³/mol. The predicted octanol–water partition coefficient (Wildman–Crippen LogP) is 5.22. The van der Waals surface area contributed by atoms with Gasteiger partial charge in [-0.05, 0) is 61.1 Å². The van der Waals surface area contributed by atoms with Crippen molar-refractivity contribution in [1.29, 1.82) is 0 Å². The van der Waals surface area contributed by atoms with Crippen LogP contribution in [0.3, 0.4) is 0 Å². The van der Waals surface area contributed by atoms with Crippen molar-refractivity contribution in [3.8, 4) is 11.5 Å². The maximum Gasteiger partial charge on any atom is 0.130 e. The number of benzene rings is 2. The van der Waals surface area contributed by atoms with E-state index in [0.29, 0.717) is 0 Å². The quantitative estimate of drug-likeness (QED) is 0.726. The van der Waals surface area contributed by atoms with Gasteiger partial charge in [-0.3, -0.25) is 0 Å². The number of hydrogen-bond donors (Lipinski definition) is 0. The Hall–Kier alpha value is -1.76. The lowest BCUT2D eigenvalue weighted by atomic mass is 10.0. The normalized spacial score (nSPS) is 10.5. The van der Waals surface area contributed by atoms with E-state index in [-0.39, 0.29) is 0 Å². The molecule has 2 aromatic carbocycles. The van der Waals surface area contributed by atoms with Crippen molar-refractivity contribution < 1.29 is 4.74 Å². The van der Waals surface area contributed by atoms with Gasteiger partial charge in [0.15, 0.2) is 0 Å². The minimum atomic E-state index is 0.968. The van der Waals surface area contributed by atoms with E-state index in [2.05, 4.69) is 52.0 Å². The Labute approximate surface area is 116 Å². The molecular formula is C18H22O. The molecule has 0 saturated carbocycles. The van der Waals surface area contributed by atoms with Gasteiger partial charge in [-0.2, -0.15) is 0 Å². The lowest BCUT2D eigenvalue weighted by molar-refractivity contribution is 0.473. The van der Waals surface area contributed by atoms with Crippen molar-refractivity contribution in [3.63, 3.8) is 0 Å². The summed E-state index contributed by atoms with van der Waals surface area (Å²) < 4.78 is 6.12. The lowest BCUT2D eigenvalue weighted by Crippen LogP contribution is -1.95. The molecule has 0 saturated heterocycles. The summed E-state index contributed by atoms with van der Waals surface area (Å²) in [6.07, 6.45) is 2.08. The molecule has 0 aliphatic heterocycles. The maximum atomic E-state index is 6.12. The minimum Gasteiger partial charge on any atom is -0.457 e. The van der Waals surface area contributed by atoms with Crippen LogP contribution in [0, 0.1) is 13.8 Å². The summed E-state index contributed by atoms with van der Waals surface area (Å²) >= 11 is 0. The van der Waals surface area contributed by atoms with E-state index in [4.69, 9.17) is 4.74 Å². The van der Waals surface area contributed by atoms with E-state index >= 15 is 0 Å². The van der Waals surface area contributed by atoms with Crippen LogP contribution in [0.15, 0.2) is 36.4 Å². The molecule has 2 rings (SSSR count). The van der Waals surface area contributed by atoms with E-state index in [9.17, 15) is 0 Å². The van der Waals surface area contributed by atoms with E-state index in [1.54, 1.807) is 0 Å². The van der Waals surface area contributed by atoms with Crippen LogP contribution in [0.25, 0.3) is 0 Å². The molecule has 0 atom stereocenters. The minimum absolute atomic E-state index is 0.968. The highest BCUT2D eigenvalue weighted by Crippen LogP contribution is 2.30. The SMILES string of the molecule is CCc1cccc(Oc2cccc(CC)c2C)c1C. The van der Waals surface area contributed by atoms with Gasteiger partial charge in [0, 0.05) is 0 Å². The standard InChI is InChI=1S/C18H22O/c1-5-15-9-7-11-17(13(15)3)19-18-12-8-10-16(6-2)14(18)4/h7-12H,5-6H2,1-4H3. The molecule has 0 bridgehead atoms. The lowest BCUT2D eigenvalue weighted by Gasteiger charge is -2.14. The van der Waals surface area contributed by atoms with E-state index in [1.165, 1.54) is 22.3 Å². The van der Waals surface area contributed by atoms with E-state index in [1.807, 2.05) is 12.1 Å². The molecular weight excluding hydrogens is 232 g/mol. The highest BCUT2D eigenvalue weighted by molar-refractivity contribution is 5.45. The molecule has 0 spiro atoms. The number of ether oxygens (including phenoxy) is 1. The second-order valence-electron chi connectivity index (χ2n) is 4.89. The van der Waals surface area contributed by atoms with Crippen molar-refractivity contribution >= 4 is 0 Å². The molecule has 0 aliphatic carbocycles. The van der Waals surface area contributed by atoms with Crippen molar-refractivity contribution in [2.24, 2.45) is 0 Å². The maximum absolute atomic E-state index is 6.12. The van der Waals surface area contributed by atoms with Crippen LogP contribution in [-0.2, 0) is 12.8 Å². The summed E-state index contributed by atoms with van der Waals surface area (Å²) in [5, 5.41) is 0. The smallest absolute Gasteiger partial charge is 0.130 e. The van der Waals surface area contributed by atoms with Crippen molar-refractivity contribution in [3.05, 3.63) is 58.7 Å². The zero-order chi connectivity index (χ0) is 13.8. The first-order valence-corrected chi connectivity index (χ1v) is 7.02. The molecule has 100 valence electrons. The third-order valence-corrected chi connectivity index (χ3v) is 3.77. The fourth-order valence-electron chi connectivity index (χ4n) is 2.43. The summed E-state index contributed by atoms with van der Waals surface area (Å²) in [6.45, 7) is 8.62. The summed E-state index contributed by atoms with van der Waals surface area (Å²) in [4.78, 5) is 0. The van der Waals surface area contributed by atoms with Crippen LogP contribution < -0.4 is 4.74 Å². The van der Waals surface area contributed by atoms with Crippen LogP contribution in [-0.4, -0.2) is 0 Å². The third-order valence-electron chi connectivity index (χ3n) is 3.77. The Morgan fingerprint density at radius 1 is 0.737 bits per heavy atom. The Bertz CT molecular complexity index is 518. The first-order valence-electron chi connectivity index (χ1n) is 7.02. The van der Waals surface area contributed by atoms with Gasteiger partial charge in [0.2, 0.25) is 0 Å². The molecule has 0 heterocycles. The summed E-state index contributed by atoms with van der Waals surface area (Å²) in [5.41, 5.74) is 5.18. The van der Waals surface area contributed by atoms with Gasteiger partial charge in [-0.15, -0.1) is 0 Å². The van der Waals surface area contributed by atoms with Crippen LogP contribution in [0.4, 0.5) is 0 Å². The van der Waals surface area contributed by atoms with Crippen LogP contribution in [0.5, 0.6) is 11.5 Å². The number of rotatable bonds is 4. The fourth-order valence-corrected chi connectivity index (χ4v) is 2.43. The van der Waals surface area contributed by atoms with Gasteiger partial charge in [-0.25, -0.2) is 0 Å². The largest absolute Gasteiger partial charge is 0.457 e. The fraction of sp³-hybridized carbons (Fsp3) is 0.333. The summed E-state index contributed by atoms with van der Waals surface area (Å²) in [5.74, 6) is 1.94. The van der Waals surface area contributed by atoms with Gasteiger partial charge < -0.3 is 4.74 Å². The molecule has 1 nitrogen and oxygen atoms in total. The number of hydrogen-bond acceptors (Lipinski definition) is 1. The van der Waals surface area contributed by atoms with E-state index in [0.717, 1.165) is 24.3 Å². The average molecular weight is 254 g/mol. The molecule has 0 N–H and O–H groups in total. The number of aryl methyl sites for hydroxylation is 2. The second-order valence-corrected chi connectivity index (χ2v) is 4.89. The van der Waals surface area contributed by atoms with Gasteiger partial charge >= 0.3 is 0 Å². The molecule has 1 heteroatoms. The highest BCUT2D eigenvalue weighted by Gasteiger charge is 2.08. The average Bonchev–Trinajstić information content (AvgIpc) is 2.43. The molecule has 0 radical (unpaired) electrons. The van der Waals surface area contributed by atoms with Gasteiger partial charge in [0.25, 0.3) is 0 Å². The van der Waals surface area contributed by atoms with Crippen molar-refractivity contribution in [2.45, 2.75) is 40.5 Å². The van der Waals surface area contributed by atoms with E-state index < -0.39 is 0 Å². The second kappa shape index (κ2) is 5.92. The molecule has 19 heavy (non-hydrogen) atoms. The molecule has 0 unspecified atom stereocenters. The van der Waals surface area contributed by atoms with Crippen LogP contribution in [0.1, 0.15) is 36.1 Å². The molecule has 2 aromatic rings. The topological polar surface area (TPSA) is 9.23 Å². The molecule has 0 aromatic heterocycles. The van der Waals surface area contributed by atoms with Gasteiger partial charge in [0.05, 0.1) is 0 Å². The van der Waals surface area contributed by atoms with Gasteiger partial charge in [-0.1, -0.05) is 38.1 Å². The monoisotopic (exact) mass is 254 g/mol. The Morgan fingerprint density at radius 2 is 1.16 bits per heavy atom. The molecule has 0 aliphatic rings. The Balaban J connectivity index is 2.36. The Morgan fingerprint density at radius 3 is 1.53 bits per heavy atom. The van der Waals surface area contributed by atoms with Crippen LogP contribution in [0.2, 0.25) is 0 Å². The summed E-state index contributed by atoms with van der Waals surface area (Å²) in [7, 11) is 0. The van der Waals surface area contributed by atoms with Gasteiger partial charge in [0.1, 0.15) is 11.5 Å². The van der Waals surface area contributed by atoms with Crippen molar-refractivity contribution in [2.75, 3.05) is 0 Å². The zero-order valence-electron chi connectivity index (χ0n) is 12.3. The summed E-state index contributed by atoms with van der Waals surface area (Å²) in [6, 6.07) is 12.6. The van der Waals surface area contributed by atoms with Crippen LogP contribution >= 0.6 is 0 Å². The molecule has 0 fully saturated rings.